The van der Waals surface area contributed by atoms with Crippen molar-refractivity contribution in [2.24, 2.45) is 0 Å². The predicted octanol–water partition coefficient (Wildman–Crippen LogP) is 3.84. The zero-order valence-electron chi connectivity index (χ0n) is 10.7. The number of benzene rings is 2. The zero-order chi connectivity index (χ0) is 14.5. The molecule has 2 aromatic rings. The van der Waals surface area contributed by atoms with Gasteiger partial charge in [-0.1, -0.05) is 23.7 Å². The summed E-state index contributed by atoms with van der Waals surface area (Å²) in [5.41, 5.74) is 1.06. The van der Waals surface area contributed by atoms with E-state index >= 15 is 0 Å². The average Bonchev–Trinajstić information content (AvgIpc) is 2.46. The fourth-order valence-corrected chi connectivity index (χ4v) is 1.85. The Hall–Kier alpha value is -2.07. The van der Waals surface area contributed by atoms with E-state index in [-0.39, 0.29) is 6.61 Å². The van der Waals surface area contributed by atoms with Crippen molar-refractivity contribution in [1.29, 1.82) is 0 Å². The number of rotatable bonds is 4. The van der Waals surface area contributed by atoms with Gasteiger partial charge >= 0.3 is 5.97 Å². The lowest BCUT2D eigenvalue weighted by atomic mass is 10.2. The molecule has 0 unspecified atom stereocenters. The molecular formula is C15H12ClFO3. The van der Waals surface area contributed by atoms with E-state index in [9.17, 15) is 9.18 Å². The lowest BCUT2D eigenvalue weighted by Crippen LogP contribution is -2.02. The highest BCUT2D eigenvalue weighted by atomic mass is 35.5. The SMILES string of the molecule is COC(=O)c1cccc(OCc2ccc(F)cc2Cl)c1. The maximum absolute atomic E-state index is 12.9. The van der Waals surface area contributed by atoms with E-state index in [4.69, 9.17) is 16.3 Å². The van der Waals surface area contributed by atoms with Crippen LogP contribution in [0.5, 0.6) is 5.75 Å². The number of carbonyl (C=O) groups excluding carboxylic acids is 1. The zero-order valence-corrected chi connectivity index (χ0v) is 11.5. The number of carbonyl (C=O) groups is 1. The summed E-state index contributed by atoms with van der Waals surface area (Å²) in [5.74, 6) is -0.324. The Labute approximate surface area is 120 Å². The van der Waals surface area contributed by atoms with Crippen LogP contribution in [0.2, 0.25) is 5.02 Å². The molecule has 20 heavy (non-hydrogen) atoms. The molecule has 2 rings (SSSR count). The molecule has 0 aliphatic rings. The molecule has 0 radical (unpaired) electrons. The van der Waals surface area contributed by atoms with Crippen LogP contribution >= 0.6 is 11.6 Å². The minimum absolute atomic E-state index is 0.184. The first-order valence-electron chi connectivity index (χ1n) is 5.85. The molecule has 104 valence electrons. The van der Waals surface area contributed by atoms with Gasteiger partial charge in [0.05, 0.1) is 17.7 Å². The van der Waals surface area contributed by atoms with E-state index in [1.165, 1.54) is 19.2 Å². The van der Waals surface area contributed by atoms with Crippen molar-refractivity contribution in [3.05, 3.63) is 64.4 Å². The van der Waals surface area contributed by atoms with E-state index in [0.29, 0.717) is 21.9 Å². The van der Waals surface area contributed by atoms with Crippen LogP contribution in [0.3, 0.4) is 0 Å². The third-order valence-corrected chi connectivity index (χ3v) is 3.02. The monoisotopic (exact) mass is 294 g/mol. The molecule has 0 aliphatic heterocycles. The fourth-order valence-electron chi connectivity index (χ4n) is 1.63. The van der Waals surface area contributed by atoms with Crippen molar-refractivity contribution in [1.82, 2.24) is 0 Å². The maximum Gasteiger partial charge on any atom is 0.337 e. The average molecular weight is 295 g/mol. The molecule has 5 heteroatoms. The molecule has 0 saturated heterocycles. The summed E-state index contributed by atoms with van der Waals surface area (Å²) in [6.07, 6.45) is 0. The standard InChI is InChI=1S/C15H12ClFO3/c1-19-15(18)10-3-2-4-13(7-10)20-9-11-5-6-12(17)8-14(11)16/h2-8H,9H2,1H3. The minimum atomic E-state index is -0.435. The van der Waals surface area contributed by atoms with Crippen LogP contribution in [-0.2, 0) is 11.3 Å². The van der Waals surface area contributed by atoms with Gasteiger partial charge in [-0.15, -0.1) is 0 Å². The fraction of sp³-hybridized carbons (Fsp3) is 0.133. The number of hydrogen-bond acceptors (Lipinski definition) is 3. The summed E-state index contributed by atoms with van der Waals surface area (Å²) >= 11 is 5.91. The van der Waals surface area contributed by atoms with Gasteiger partial charge in [-0.25, -0.2) is 9.18 Å². The lowest BCUT2D eigenvalue weighted by Gasteiger charge is -2.09. The van der Waals surface area contributed by atoms with Crippen molar-refractivity contribution >= 4 is 17.6 Å². The quantitative estimate of drug-likeness (QED) is 0.804. The van der Waals surface area contributed by atoms with Crippen LogP contribution in [-0.4, -0.2) is 13.1 Å². The number of ether oxygens (including phenoxy) is 2. The first kappa shape index (κ1) is 14.3. The smallest absolute Gasteiger partial charge is 0.337 e. The van der Waals surface area contributed by atoms with Gasteiger partial charge < -0.3 is 9.47 Å². The summed E-state index contributed by atoms with van der Waals surface area (Å²) < 4.78 is 23.1. The van der Waals surface area contributed by atoms with Gasteiger partial charge in [-0.05, 0) is 30.3 Å². The lowest BCUT2D eigenvalue weighted by molar-refractivity contribution is 0.0600. The Kier molecular flexibility index (Phi) is 4.58. The highest BCUT2D eigenvalue weighted by Crippen LogP contribution is 2.20. The van der Waals surface area contributed by atoms with Gasteiger partial charge in [-0.2, -0.15) is 0 Å². The van der Waals surface area contributed by atoms with Crippen LogP contribution < -0.4 is 4.74 Å². The molecule has 0 bridgehead atoms. The van der Waals surface area contributed by atoms with Crippen molar-refractivity contribution in [2.45, 2.75) is 6.61 Å². The van der Waals surface area contributed by atoms with Crippen LogP contribution in [0.1, 0.15) is 15.9 Å². The molecule has 3 nitrogen and oxygen atoms in total. The number of hydrogen-bond donors (Lipinski definition) is 0. The first-order chi connectivity index (χ1) is 9.60. The second-order valence-corrected chi connectivity index (χ2v) is 4.45. The summed E-state index contributed by atoms with van der Waals surface area (Å²) in [4.78, 5) is 11.4. The number of esters is 1. The second-order valence-electron chi connectivity index (χ2n) is 4.04. The first-order valence-corrected chi connectivity index (χ1v) is 6.23. The van der Waals surface area contributed by atoms with E-state index < -0.39 is 11.8 Å². The summed E-state index contributed by atoms with van der Waals surface area (Å²) in [5, 5.41) is 0.300. The van der Waals surface area contributed by atoms with Crippen LogP contribution in [0.25, 0.3) is 0 Å². The number of methoxy groups -OCH3 is 1. The van der Waals surface area contributed by atoms with E-state index in [0.717, 1.165) is 0 Å². The molecule has 0 aromatic heterocycles. The largest absolute Gasteiger partial charge is 0.489 e. The molecule has 2 aromatic carbocycles. The molecule has 0 fully saturated rings. The summed E-state index contributed by atoms with van der Waals surface area (Å²) in [7, 11) is 1.31. The second kappa shape index (κ2) is 6.39. The molecular weight excluding hydrogens is 283 g/mol. The molecule has 0 N–H and O–H groups in total. The Balaban J connectivity index is 2.09. The van der Waals surface area contributed by atoms with E-state index in [1.807, 2.05) is 0 Å². The van der Waals surface area contributed by atoms with Crippen molar-refractivity contribution in [3.8, 4) is 5.75 Å². The summed E-state index contributed by atoms with van der Waals surface area (Å²) in [6.45, 7) is 0.184. The molecule has 0 amide bonds. The van der Waals surface area contributed by atoms with Crippen molar-refractivity contribution in [2.75, 3.05) is 7.11 Å². The van der Waals surface area contributed by atoms with Crippen LogP contribution in [0, 0.1) is 5.82 Å². The van der Waals surface area contributed by atoms with E-state index in [2.05, 4.69) is 4.74 Å². The topological polar surface area (TPSA) is 35.5 Å². The minimum Gasteiger partial charge on any atom is -0.489 e. The van der Waals surface area contributed by atoms with Gasteiger partial charge in [-0.3, -0.25) is 0 Å². The maximum atomic E-state index is 12.9. The Bertz CT molecular complexity index is 628. The highest BCUT2D eigenvalue weighted by Gasteiger charge is 2.07. The van der Waals surface area contributed by atoms with Crippen LogP contribution in [0.15, 0.2) is 42.5 Å². The van der Waals surface area contributed by atoms with Gasteiger partial charge in [0.2, 0.25) is 0 Å². The van der Waals surface area contributed by atoms with Crippen molar-refractivity contribution in [3.63, 3.8) is 0 Å². The third kappa shape index (κ3) is 3.48. The molecule has 0 atom stereocenters. The normalized spacial score (nSPS) is 10.2. The van der Waals surface area contributed by atoms with Crippen molar-refractivity contribution < 1.29 is 18.7 Å². The van der Waals surface area contributed by atoms with E-state index in [1.54, 1.807) is 30.3 Å². The molecule has 0 spiro atoms. The highest BCUT2D eigenvalue weighted by molar-refractivity contribution is 6.31. The Morgan fingerprint density at radius 3 is 2.75 bits per heavy atom. The van der Waals surface area contributed by atoms with Gasteiger partial charge in [0, 0.05) is 5.56 Å². The number of halogens is 2. The van der Waals surface area contributed by atoms with Gasteiger partial charge in [0.1, 0.15) is 18.2 Å². The Morgan fingerprint density at radius 2 is 2.05 bits per heavy atom. The van der Waals surface area contributed by atoms with Gasteiger partial charge in [0.15, 0.2) is 0 Å². The molecule has 0 saturated carbocycles. The summed E-state index contributed by atoms with van der Waals surface area (Å²) in [6, 6.07) is 10.7. The van der Waals surface area contributed by atoms with Gasteiger partial charge in [0.25, 0.3) is 0 Å². The molecule has 0 heterocycles. The Morgan fingerprint density at radius 1 is 1.25 bits per heavy atom. The molecule has 0 aliphatic carbocycles. The third-order valence-electron chi connectivity index (χ3n) is 2.66. The van der Waals surface area contributed by atoms with Crippen LogP contribution in [0.4, 0.5) is 4.39 Å². The predicted molar refractivity (Wildman–Crippen MR) is 73.5 cm³/mol.